The van der Waals surface area contributed by atoms with E-state index in [1.165, 1.54) is 23.4 Å². The highest BCUT2D eigenvalue weighted by molar-refractivity contribution is 8.23. The van der Waals surface area contributed by atoms with Gasteiger partial charge in [-0.1, -0.05) is 30.4 Å². The van der Waals surface area contributed by atoms with Gasteiger partial charge in [-0.3, -0.25) is 13.9 Å². The Kier molecular flexibility index (Phi) is 4.64. The molecule has 0 radical (unpaired) electrons. The average molecular weight is 321 g/mol. The fraction of sp³-hybridized carbons (Fsp3) is 0.214. The van der Waals surface area contributed by atoms with Crippen molar-refractivity contribution in [2.45, 2.75) is 0 Å². The van der Waals surface area contributed by atoms with E-state index in [1.54, 1.807) is 13.3 Å². The minimum absolute atomic E-state index is 0.339. The molecule has 0 unspecified atom stereocenters. The number of hydrogen-bond donors (Lipinski definition) is 1. The van der Waals surface area contributed by atoms with Crippen molar-refractivity contribution in [3.63, 3.8) is 0 Å². The van der Waals surface area contributed by atoms with Gasteiger partial charge in [0.2, 0.25) is 0 Å². The zero-order valence-electron chi connectivity index (χ0n) is 11.9. The summed E-state index contributed by atoms with van der Waals surface area (Å²) in [5, 5.41) is 3.11. The van der Waals surface area contributed by atoms with Crippen LogP contribution in [0.5, 0.6) is 0 Å². The maximum Gasteiger partial charge on any atom is 0.332 e. The van der Waals surface area contributed by atoms with Crippen molar-refractivity contribution in [1.82, 2.24) is 9.13 Å². The maximum atomic E-state index is 12.4. The van der Waals surface area contributed by atoms with Gasteiger partial charge >= 0.3 is 5.69 Å². The van der Waals surface area contributed by atoms with Crippen LogP contribution in [0.3, 0.4) is 0 Å². The van der Waals surface area contributed by atoms with Gasteiger partial charge in [0.25, 0.3) is 5.56 Å². The number of rotatable bonds is 3. The van der Waals surface area contributed by atoms with Crippen LogP contribution in [0, 0.1) is 0 Å². The van der Waals surface area contributed by atoms with Gasteiger partial charge in [0, 0.05) is 19.8 Å². The molecule has 0 amide bonds. The standard InChI is InChI=1S/C14H15N3O2S2/c1-16-11(15-9-7-5-4-6-8-9)10(13(20)21-3)12(18)17(2)14(16)19/h4-8,15H,1-3H3. The van der Waals surface area contributed by atoms with Crippen molar-refractivity contribution in [3.8, 4) is 0 Å². The second kappa shape index (κ2) is 6.28. The van der Waals surface area contributed by atoms with Crippen molar-refractivity contribution in [2.75, 3.05) is 11.6 Å². The molecule has 5 nitrogen and oxygen atoms in total. The molecule has 0 spiro atoms. The smallest absolute Gasteiger partial charge is 0.332 e. The molecule has 2 aromatic rings. The van der Waals surface area contributed by atoms with Crippen molar-refractivity contribution < 1.29 is 0 Å². The largest absolute Gasteiger partial charge is 0.341 e. The first kappa shape index (κ1) is 15.5. The lowest BCUT2D eigenvalue weighted by Gasteiger charge is -2.16. The van der Waals surface area contributed by atoms with Crippen molar-refractivity contribution >= 4 is 39.7 Å². The molecule has 2 rings (SSSR count). The number of thiocarbonyl (C=S) groups is 1. The molecule has 0 aliphatic carbocycles. The number of nitrogens with zero attached hydrogens (tertiary/aromatic N) is 2. The summed E-state index contributed by atoms with van der Waals surface area (Å²) >= 11 is 6.57. The molecule has 0 bridgehead atoms. The molecule has 21 heavy (non-hydrogen) atoms. The molecule has 0 saturated heterocycles. The topological polar surface area (TPSA) is 56.0 Å². The predicted molar refractivity (Wildman–Crippen MR) is 91.9 cm³/mol. The predicted octanol–water partition coefficient (Wildman–Crippen LogP) is 1.87. The van der Waals surface area contributed by atoms with Crippen LogP contribution < -0.4 is 16.6 Å². The van der Waals surface area contributed by atoms with Crippen LogP contribution in [0.2, 0.25) is 0 Å². The molecule has 110 valence electrons. The van der Waals surface area contributed by atoms with E-state index in [1.807, 2.05) is 30.3 Å². The van der Waals surface area contributed by atoms with Crippen molar-refractivity contribution in [2.24, 2.45) is 14.1 Å². The van der Waals surface area contributed by atoms with Crippen LogP contribution in [0.25, 0.3) is 0 Å². The lowest BCUT2D eigenvalue weighted by atomic mass is 10.3. The SMILES string of the molecule is CSC(=S)c1c(Nc2ccccc2)n(C)c(=O)n(C)c1=O. The highest BCUT2D eigenvalue weighted by atomic mass is 32.2. The quantitative estimate of drug-likeness (QED) is 0.875. The summed E-state index contributed by atoms with van der Waals surface area (Å²) in [6, 6.07) is 9.34. The van der Waals surface area contributed by atoms with Gasteiger partial charge in [-0.25, -0.2) is 4.79 Å². The lowest BCUT2D eigenvalue weighted by molar-refractivity contribution is 0.691. The highest BCUT2D eigenvalue weighted by Crippen LogP contribution is 2.20. The Bertz CT molecular complexity index is 794. The average Bonchev–Trinajstić information content (AvgIpc) is 2.51. The number of nitrogens with one attached hydrogen (secondary N) is 1. The van der Waals surface area contributed by atoms with Gasteiger partial charge in [-0.15, -0.1) is 11.8 Å². The highest BCUT2D eigenvalue weighted by Gasteiger charge is 2.19. The van der Waals surface area contributed by atoms with Crippen LogP contribution in [0.15, 0.2) is 39.9 Å². The first-order valence-electron chi connectivity index (χ1n) is 6.17. The zero-order chi connectivity index (χ0) is 15.6. The summed E-state index contributed by atoms with van der Waals surface area (Å²) in [6.07, 6.45) is 1.80. The monoisotopic (exact) mass is 321 g/mol. The number of hydrogen-bond acceptors (Lipinski definition) is 5. The third-order valence-corrected chi connectivity index (χ3v) is 4.37. The fourth-order valence-corrected chi connectivity index (χ4v) is 2.51. The Hall–Kier alpha value is -1.86. The summed E-state index contributed by atoms with van der Waals surface area (Å²) < 4.78 is 2.91. The molecule has 1 aromatic heterocycles. The van der Waals surface area contributed by atoms with Crippen LogP contribution in [0.1, 0.15) is 5.56 Å². The minimum Gasteiger partial charge on any atom is -0.341 e. The summed E-state index contributed by atoms with van der Waals surface area (Å²) in [5.74, 6) is 0.411. The fourth-order valence-electron chi connectivity index (χ4n) is 1.93. The minimum atomic E-state index is -0.397. The second-order valence-corrected chi connectivity index (χ2v) is 5.90. The van der Waals surface area contributed by atoms with Crippen LogP contribution in [0.4, 0.5) is 11.5 Å². The first-order chi connectivity index (χ1) is 9.97. The van der Waals surface area contributed by atoms with Crippen molar-refractivity contribution in [1.29, 1.82) is 0 Å². The van der Waals surface area contributed by atoms with Gasteiger partial charge in [-0.05, 0) is 18.4 Å². The zero-order valence-corrected chi connectivity index (χ0v) is 13.5. The third-order valence-electron chi connectivity index (χ3n) is 3.09. The van der Waals surface area contributed by atoms with Gasteiger partial charge < -0.3 is 5.32 Å². The van der Waals surface area contributed by atoms with Crippen LogP contribution in [-0.4, -0.2) is 19.6 Å². The molecule has 0 aliphatic heterocycles. The van der Waals surface area contributed by atoms with Gasteiger partial charge in [0.1, 0.15) is 11.4 Å². The Morgan fingerprint density at radius 1 is 1.14 bits per heavy atom. The number of thioether (sulfide) groups is 1. The van der Waals surface area contributed by atoms with E-state index in [2.05, 4.69) is 5.32 Å². The molecule has 0 aliphatic rings. The second-order valence-electron chi connectivity index (χ2n) is 4.41. The van der Waals surface area contributed by atoms with E-state index < -0.39 is 11.2 Å². The summed E-state index contributed by atoms with van der Waals surface area (Å²) in [5.41, 5.74) is 0.332. The number of benzene rings is 1. The van der Waals surface area contributed by atoms with E-state index in [9.17, 15) is 9.59 Å². The molecule has 0 saturated carbocycles. The van der Waals surface area contributed by atoms with Gasteiger partial charge in [-0.2, -0.15) is 0 Å². The molecule has 0 atom stereocenters. The van der Waals surface area contributed by atoms with Gasteiger partial charge in [0.15, 0.2) is 0 Å². The molecule has 1 aromatic carbocycles. The number of anilines is 2. The molecular formula is C14H15N3O2S2. The van der Waals surface area contributed by atoms with E-state index in [0.717, 1.165) is 10.3 Å². The molecule has 7 heteroatoms. The molecule has 1 N–H and O–H groups in total. The summed E-state index contributed by atoms with van der Waals surface area (Å²) in [6.45, 7) is 0. The molecule has 0 fully saturated rings. The first-order valence-corrected chi connectivity index (χ1v) is 7.81. The Balaban J connectivity index is 2.71. The Labute approximate surface area is 131 Å². The van der Waals surface area contributed by atoms with E-state index in [-0.39, 0.29) is 0 Å². The van der Waals surface area contributed by atoms with Crippen LogP contribution >= 0.6 is 24.0 Å². The number of para-hydroxylation sites is 1. The lowest BCUT2D eigenvalue weighted by Crippen LogP contribution is -2.40. The molecule has 1 heterocycles. The van der Waals surface area contributed by atoms with Crippen LogP contribution in [-0.2, 0) is 14.1 Å². The normalized spacial score (nSPS) is 10.4. The van der Waals surface area contributed by atoms with E-state index >= 15 is 0 Å². The summed E-state index contributed by atoms with van der Waals surface area (Å²) in [4.78, 5) is 24.5. The third kappa shape index (κ3) is 2.93. The summed E-state index contributed by atoms with van der Waals surface area (Å²) in [7, 11) is 3.06. The number of aromatic nitrogens is 2. The maximum absolute atomic E-state index is 12.4. The van der Waals surface area contributed by atoms with E-state index in [0.29, 0.717) is 15.6 Å². The van der Waals surface area contributed by atoms with E-state index in [4.69, 9.17) is 12.2 Å². The molecular weight excluding hydrogens is 306 g/mol. The Morgan fingerprint density at radius 2 is 1.76 bits per heavy atom. The van der Waals surface area contributed by atoms with Crippen molar-refractivity contribution in [3.05, 3.63) is 56.7 Å². The Morgan fingerprint density at radius 3 is 2.33 bits per heavy atom. The van der Waals surface area contributed by atoms with Gasteiger partial charge in [0.05, 0.1) is 4.20 Å².